The van der Waals surface area contributed by atoms with Crippen LogP contribution in [0.1, 0.15) is 31.4 Å². The summed E-state index contributed by atoms with van der Waals surface area (Å²) in [6.07, 6.45) is 2.49. The van der Waals surface area contributed by atoms with Crippen LogP contribution in [0.5, 0.6) is 0 Å². The Kier molecular flexibility index (Phi) is 3.19. The van der Waals surface area contributed by atoms with Crippen LogP contribution in [0, 0.1) is 5.92 Å². The summed E-state index contributed by atoms with van der Waals surface area (Å²) >= 11 is 12.0. The van der Waals surface area contributed by atoms with Crippen LogP contribution in [0.15, 0.2) is 22.7 Å². The van der Waals surface area contributed by atoms with Crippen molar-refractivity contribution in [3.63, 3.8) is 0 Å². The van der Waals surface area contributed by atoms with Crippen molar-refractivity contribution < 1.29 is 4.52 Å². The summed E-state index contributed by atoms with van der Waals surface area (Å²) in [5.41, 5.74) is 8.57. The summed E-state index contributed by atoms with van der Waals surface area (Å²) < 4.78 is 5.17. The van der Waals surface area contributed by atoms with E-state index in [1.165, 1.54) is 12.8 Å². The second-order valence-corrected chi connectivity index (χ2v) is 5.88. The van der Waals surface area contributed by atoms with E-state index in [0.29, 0.717) is 27.8 Å². The molecular formula is C14H14Cl2N2O. The number of anilines is 1. The molecule has 0 saturated heterocycles. The lowest BCUT2D eigenvalue weighted by molar-refractivity contribution is 0.417. The fourth-order valence-electron chi connectivity index (χ4n) is 2.39. The molecule has 0 aliphatic heterocycles. The van der Waals surface area contributed by atoms with Gasteiger partial charge in [0.15, 0.2) is 0 Å². The third-order valence-electron chi connectivity index (χ3n) is 3.71. The summed E-state index contributed by atoms with van der Waals surface area (Å²) in [6.45, 7) is 2.16. The Labute approximate surface area is 121 Å². The highest BCUT2D eigenvalue weighted by atomic mass is 35.5. The van der Waals surface area contributed by atoms with Gasteiger partial charge in [0.1, 0.15) is 0 Å². The first-order valence-electron chi connectivity index (χ1n) is 6.28. The molecule has 1 atom stereocenters. The second kappa shape index (κ2) is 4.73. The Morgan fingerprint density at radius 1 is 1.32 bits per heavy atom. The number of nitrogens with zero attached hydrogens (tertiary/aromatic N) is 1. The first-order valence-corrected chi connectivity index (χ1v) is 7.04. The van der Waals surface area contributed by atoms with Gasteiger partial charge in [0, 0.05) is 5.92 Å². The van der Waals surface area contributed by atoms with Crippen molar-refractivity contribution >= 4 is 29.1 Å². The van der Waals surface area contributed by atoms with Gasteiger partial charge in [0.05, 0.1) is 21.3 Å². The van der Waals surface area contributed by atoms with E-state index in [4.69, 9.17) is 33.5 Å². The van der Waals surface area contributed by atoms with Gasteiger partial charge in [-0.1, -0.05) is 41.3 Å². The quantitative estimate of drug-likeness (QED) is 0.889. The van der Waals surface area contributed by atoms with Crippen molar-refractivity contribution in [2.75, 3.05) is 5.73 Å². The molecule has 0 bridgehead atoms. The molecule has 1 unspecified atom stereocenters. The van der Waals surface area contributed by atoms with Gasteiger partial charge in [-0.3, -0.25) is 0 Å². The van der Waals surface area contributed by atoms with Crippen LogP contribution >= 0.6 is 23.2 Å². The molecule has 1 heterocycles. The maximum atomic E-state index is 6.07. The lowest BCUT2D eigenvalue weighted by Gasteiger charge is -2.09. The number of hydrogen-bond acceptors (Lipinski definition) is 3. The molecule has 0 amide bonds. The maximum absolute atomic E-state index is 6.07. The lowest BCUT2D eigenvalue weighted by atomic mass is 9.95. The Hall–Kier alpha value is -1.19. The Morgan fingerprint density at radius 2 is 2.05 bits per heavy atom. The molecule has 100 valence electrons. The molecule has 1 aliphatic rings. The Balaban J connectivity index is 2.07. The minimum atomic E-state index is 0.334. The van der Waals surface area contributed by atoms with Gasteiger partial charge in [0.2, 0.25) is 5.88 Å². The molecule has 2 N–H and O–H groups in total. The van der Waals surface area contributed by atoms with E-state index < -0.39 is 0 Å². The second-order valence-electron chi connectivity index (χ2n) is 5.06. The largest absolute Gasteiger partial charge is 0.367 e. The van der Waals surface area contributed by atoms with Crippen LogP contribution in [0.3, 0.4) is 0 Å². The monoisotopic (exact) mass is 296 g/mol. The standard InChI is InChI=1S/C14H14Cl2N2O/c1-7(8-2-3-8)13-12(14(17)19-18-13)9-4-5-10(15)11(16)6-9/h4-8H,2-3,17H2,1H3. The molecule has 3 nitrogen and oxygen atoms in total. The fraction of sp³-hybridized carbons (Fsp3) is 0.357. The number of benzene rings is 1. The molecule has 1 fully saturated rings. The van der Waals surface area contributed by atoms with Gasteiger partial charge in [-0.2, -0.15) is 0 Å². The van der Waals surface area contributed by atoms with Crippen molar-refractivity contribution in [3.8, 4) is 11.1 Å². The van der Waals surface area contributed by atoms with Crippen molar-refractivity contribution in [1.29, 1.82) is 0 Å². The topological polar surface area (TPSA) is 52.0 Å². The maximum Gasteiger partial charge on any atom is 0.230 e. The summed E-state index contributed by atoms with van der Waals surface area (Å²) in [5.74, 6) is 1.37. The molecule has 1 aromatic heterocycles. The Bertz CT molecular complexity index is 620. The van der Waals surface area contributed by atoms with Crippen LogP contribution < -0.4 is 5.73 Å². The summed E-state index contributed by atoms with van der Waals surface area (Å²) in [7, 11) is 0. The summed E-state index contributed by atoms with van der Waals surface area (Å²) in [6, 6.07) is 5.45. The molecule has 1 saturated carbocycles. The first-order chi connectivity index (χ1) is 9.08. The molecule has 3 rings (SSSR count). The molecule has 19 heavy (non-hydrogen) atoms. The highest BCUT2D eigenvalue weighted by Crippen LogP contribution is 2.46. The third-order valence-corrected chi connectivity index (χ3v) is 4.45. The zero-order chi connectivity index (χ0) is 13.6. The normalized spacial score (nSPS) is 16.6. The number of aromatic nitrogens is 1. The SMILES string of the molecule is CC(c1noc(N)c1-c1ccc(Cl)c(Cl)c1)C1CC1. The smallest absolute Gasteiger partial charge is 0.230 e. The summed E-state index contributed by atoms with van der Waals surface area (Å²) in [4.78, 5) is 0. The van der Waals surface area contributed by atoms with E-state index in [2.05, 4.69) is 12.1 Å². The molecule has 1 aliphatic carbocycles. The average Bonchev–Trinajstić information content (AvgIpc) is 3.16. The van der Waals surface area contributed by atoms with Gasteiger partial charge in [0.25, 0.3) is 0 Å². The van der Waals surface area contributed by atoms with E-state index in [1.54, 1.807) is 12.1 Å². The molecule has 5 heteroatoms. The fourth-order valence-corrected chi connectivity index (χ4v) is 2.69. The number of nitrogens with two attached hydrogens (primary N) is 1. The van der Waals surface area contributed by atoms with Gasteiger partial charge < -0.3 is 10.3 Å². The highest BCUT2D eigenvalue weighted by Gasteiger charge is 2.33. The van der Waals surface area contributed by atoms with Gasteiger partial charge >= 0.3 is 0 Å². The van der Waals surface area contributed by atoms with E-state index in [0.717, 1.165) is 16.8 Å². The lowest BCUT2D eigenvalue weighted by Crippen LogP contribution is -1.99. The minimum absolute atomic E-state index is 0.334. The van der Waals surface area contributed by atoms with Gasteiger partial charge in [-0.15, -0.1) is 0 Å². The molecular weight excluding hydrogens is 283 g/mol. The van der Waals surface area contributed by atoms with Crippen molar-refractivity contribution in [3.05, 3.63) is 33.9 Å². The number of hydrogen-bond donors (Lipinski definition) is 1. The van der Waals surface area contributed by atoms with Crippen LogP contribution in [-0.4, -0.2) is 5.16 Å². The van der Waals surface area contributed by atoms with Crippen LogP contribution in [0.2, 0.25) is 10.0 Å². The van der Waals surface area contributed by atoms with Crippen LogP contribution in [0.4, 0.5) is 5.88 Å². The molecule has 1 aromatic carbocycles. The van der Waals surface area contributed by atoms with Crippen molar-refractivity contribution in [1.82, 2.24) is 5.16 Å². The number of nitrogen functional groups attached to an aromatic ring is 1. The third kappa shape index (κ3) is 2.33. The molecule has 2 aromatic rings. The summed E-state index contributed by atoms with van der Waals surface area (Å²) in [5, 5.41) is 5.16. The molecule has 0 spiro atoms. The highest BCUT2D eigenvalue weighted by molar-refractivity contribution is 6.42. The van der Waals surface area contributed by atoms with Crippen LogP contribution in [0.25, 0.3) is 11.1 Å². The van der Waals surface area contributed by atoms with Gasteiger partial charge in [-0.05, 0) is 36.5 Å². The predicted molar refractivity (Wildman–Crippen MR) is 77.5 cm³/mol. The number of halogens is 2. The van der Waals surface area contributed by atoms with Gasteiger partial charge in [-0.25, -0.2) is 0 Å². The zero-order valence-electron chi connectivity index (χ0n) is 10.5. The average molecular weight is 297 g/mol. The van der Waals surface area contributed by atoms with E-state index >= 15 is 0 Å². The van der Waals surface area contributed by atoms with Crippen molar-refractivity contribution in [2.24, 2.45) is 5.92 Å². The van der Waals surface area contributed by atoms with E-state index in [-0.39, 0.29) is 0 Å². The first kappa shape index (κ1) is 12.8. The van der Waals surface area contributed by atoms with E-state index in [1.807, 2.05) is 6.07 Å². The van der Waals surface area contributed by atoms with Crippen molar-refractivity contribution in [2.45, 2.75) is 25.7 Å². The minimum Gasteiger partial charge on any atom is -0.367 e. The van der Waals surface area contributed by atoms with E-state index in [9.17, 15) is 0 Å². The zero-order valence-corrected chi connectivity index (χ0v) is 12.0. The molecule has 0 radical (unpaired) electrons. The Morgan fingerprint density at radius 3 is 2.68 bits per heavy atom. The number of rotatable bonds is 3. The predicted octanol–water partition coefficient (Wildman–Crippen LogP) is 4.74. The van der Waals surface area contributed by atoms with Crippen LogP contribution in [-0.2, 0) is 0 Å².